The van der Waals surface area contributed by atoms with Crippen molar-refractivity contribution in [1.82, 2.24) is 14.8 Å². The molecule has 0 saturated heterocycles. The number of thioether (sulfide) groups is 1. The maximum absolute atomic E-state index is 12.4. The summed E-state index contributed by atoms with van der Waals surface area (Å²) in [6.07, 6.45) is 1.63. The van der Waals surface area contributed by atoms with Gasteiger partial charge in [0.1, 0.15) is 28.8 Å². The van der Waals surface area contributed by atoms with E-state index >= 15 is 0 Å². The topological polar surface area (TPSA) is 95.7 Å². The van der Waals surface area contributed by atoms with E-state index in [1.165, 1.54) is 0 Å². The molecule has 11 heteroatoms. The third-order valence-corrected chi connectivity index (χ3v) is 8.03. The summed E-state index contributed by atoms with van der Waals surface area (Å²) in [5.74, 6) is 1.37. The average Bonchev–Trinajstić information content (AvgIpc) is 3.34. The minimum atomic E-state index is -1.07. The number of ether oxygens (including phenoxy) is 3. The Labute approximate surface area is 258 Å². The SMILES string of the molecule is CCn1c(S/C(=C\c2cc(I)cc(I)c2OCc2ccccc2)C(=O)O)nnc1-c1cc(OC)cc(OC)c1. The number of rotatable bonds is 11. The first kappa shape index (κ1) is 29.2. The Morgan fingerprint density at radius 3 is 2.33 bits per heavy atom. The number of methoxy groups -OCH3 is 2. The molecule has 202 valence electrons. The first-order valence-electron chi connectivity index (χ1n) is 11.8. The van der Waals surface area contributed by atoms with E-state index in [0.29, 0.717) is 46.9 Å². The fourth-order valence-corrected chi connectivity index (χ4v) is 6.67. The molecule has 0 aliphatic carbocycles. The van der Waals surface area contributed by atoms with Gasteiger partial charge in [-0.15, -0.1) is 10.2 Å². The smallest absolute Gasteiger partial charge is 0.342 e. The lowest BCUT2D eigenvalue weighted by molar-refractivity contribution is -0.131. The zero-order valence-corrected chi connectivity index (χ0v) is 26.5. The molecule has 0 amide bonds. The molecule has 0 aliphatic heterocycles. The largest absolute Gasteiger partial charge is 0.497 e. The van der Waals surface area contributed by atoms with Crippen LogP contribution in [0.15, 0.2) is 70.7 Å². The predicted octanol–water partition coefficient (Wildman–Crippen LogP) is 6.99. The summed E-state index contributed by atoms with van der Waals surface area (Å²) in [4.78, 5) is 12.5. The molecule has 0 bridgehead atoms. The minimum Gasteiger partial charge on any atom is -0.497 e. The van der Waals surface area contributed by atoms with E-state index in [2.05, 4.69) is 55.4 Å². The molecule has 4 rings (SSSR count). The van der Waals surface area contributed by atoms with Crippen LogP contribution in [0, 0.1) is 7.14 Å². The van der Waals surface area contributed by atoms with Gasteiger partial charge in [-0.05, 0) is 99.8 Å². The van der Waals surface area contributed by atoms with Crippen molar-refractivity contribution in [3.8, 4) is 28.6 Å². The number of hydrogen-bond acceptors (Lipinski definition) is 7. The molecule has 3 aromatic carbocycles. The summed E-state index contributed by atoms with van der Waals surface area (Å²) in [6, 6.07) is 19.2. The number of hydrogen-bond donors (Lipinski definition) is 1. The van der Waals surface area contributed by atoms with Crippen LogP contribution in [-0.2, 0) is 17.9 Å². The highest BCUT2D eigenvalue weighted by molar-refractivity contribution is 14.1. The Morgan fingerprint density at radius 2 is 1.72 bits per heavy atom. The third-order valence-electron chi connectivity index (χ3n) is 5.60. The molecule has 0 spiro atoms. The Morgan fingerprint density at radius 1 is 1.03 bits per heavy atom. The second kappa shape index (κ2) is 13.5. The number of carbonyl (C=O) groups is 1. The van der Waals surface area contributed by atoms with Crippen LogP contribution in [0.4, 0.5) is 0 Å². The first-order valence-corrected chi connectivity index (χ1v) is 14.8. The monoisotopic (exact) mass is 769 g/mol. The van der Waals surface area contributed by atoms with Gasteiger partial charge in [0.2, 0.25) is 0 Å². The number of aliphatic carboxylic acids is 1. The molecule has 0 fully saturated rings. The van der Waals surface area contributed by atoms with E-state index < -0.39 is 5.97 Å². The van der Waals surface area contributed by atoms with Crippen molar-refractivity contribution in [2.75, 3.05) is 14.2 Å². The molecular formula is C28H25I2N3O5S. The van der Waals surface area contributed by atoms with Crippen molar-refractivity contribution in [1.29, 1.82) is 0 Å². The Kier molecular flexibility index (Phi) is 10.1. The van der Waals surface area contributed by atoms with Crippen LogP contribution in [0.5, 0.6) is 17.2 Å². The summed E-state index contributed by atoms with van der Waals surface area (Å²) < 4.78 is 20.7. The van der Waals surface area contributed by atoms with Crippen molar-refractivity contribution in [2.24, 2.45) is 0 Å². The van der Waals surface area contributed by atoms with Gasteiger partial charge in [0.05, 0.1) is 17.8 Å². The van der Waals surface area contributed by atoms with Gasteiger partial charge in [-0.25, -0.2) is 4.79 Å². The van der Waals surface area contributed by atoms with E-state index in [4.69, 9.17) is 14.2 Å². The standard InChI is InChI=1S/C28H25I2N3O5S/c1-4-33-26(19-11-21(36-2)15-22(12-19)37-3)31-32-28(33)39-24(27(34)35)13-18-10-20(29)14-23(30)25(18)38-16-17-8-6-5-7-9-17/h5-15H,4,16H2,1-3H3,(H,34,35)/b24-13-. The number of carboxylic acids is 1. The number of nitrogens with zero attached hydrogens (tertiary/aromatic N) is 3. The van der Waals surface area contributed by atoms with Crippen LogP contribution in [0.25, 0.3) is 17.5 Å². The van der Waals surface area contributed by atoms with E-state index in [1.807, 2.05) is 66.1 Å². The van der Waals surface area contributed by atoms with Crippen LogP contribution in [0.1, 0.15) is 18.1 Å². The number of benzene rings is 3. The molecule has 1 heterocycles. The van der Waals surface area contributed by atoms with Crippen LogP contribution >= 0.6 is 56.9 Å². The second-order valence-corrected chi connectivity index (χ2v) is 11.6. The van der Waals surface area contributed by atoms with Gasteiger partial charge in [0, 0.05) is 27.3 Å². The summed E-state index contributed by atoms with van der Waals surface area (Å²) in [5.41, 5.74) is 2.44. The van der Waals surface area contributed by atoms with Crippen molar-refractivity contribution in [3.05, 3.63) is 83.8 Å². The number of aromatic nitrogens is 3. The molecule has 0 saturated carbocycles. The van der Waals surface area contributed by atoms with Crippen molar-refractivity contribution >= 4 is 69.0 Å². The lowest BCUT2D eigenvalue weighted by Crippen LogP contribution is -2.04. The Balaban J connectivity index is 1.70. The van der Waals surface area contributed by atoms with Gasteiger partial charge in [-0.3, -0.25) is 0 Å². The zero-order chi connectivity index (χ0) is 27.9. The molecule has 0 radical (unpaired) electrons. The van der Waals surface area contributed by atoms with Gasteiger partial charge >= 0.3 is 5.97 Å². The van der Waals surface area contributed by atoms with Crippen LogP contribution in [0.3, 0.4) is 0 Å². The van der Waals surface area contributed by atoms with Gasteiger partial charge in [0.15, 0.2) is 11.0 Å². The fourth-order valence-electron chi connectivity index (χ4n) is 3.74. The lowest BCUT2D eigenvalue weighted by atomic mass is 10.2. The average molecular weight is 769 g/mol. The van der Waals surface area contributed by atoms with Crippen molar-refractivity contribution < 1.29 is 24.1 Å². The second-order valence-electron chi connectivity index (χ2n) is 8.15. The van der Waals surface area contributed by atoms with Crippen molar-refractivity contribution in [2.45, 2.75) is 25.2 Å². The first-order chi connectivity index (χ1) is 18.8. The normalized spacial score (nSPS) is 11.4. The van der Waals surface area contributed by atoms with Crippen molar-refractivity contribution in [3.63, 3.8) is 0 Å². The van der Waals surface area contributed by atoms with Crippen LogP contribution < -0.4 is 14.2 Å². The fraction of sp³-hybridized carbons (Fsp3) is 0.179. The highest BCUT2D eigenvalue weighted by Gasteiger charge is 2.20. The molecule has 4 aromatic rings. The molecule has 0 atom stereocenters. The molecule has 39 heavy (non-hydrogen) atoms. The Bertz CT molecular complexity index is 1490. The quantitative estimate of drug-likeness (QED) is 0.0992. The summed E-state index contributed by atoms with van der Waals surface area (Å²) in [7, 11) is 3.16. The van der Waals surface area contributed by atoms with E-state index in [9.17, 15) is 9.90 Å². The molecular weight excluding hydrogens is 744 g/mol. The highest BCUT2D eigenvalue weighted by atomic mass is 127. The third kappa shape index (κ3) is 7.25. The highest BCUT2D eigenvalue weighted by Crippen LogP contribution is 2.36. The maximum atomic E-state index is 12.4. The molecule has 0 unspecified atom stereocenters. The molecule has 1 aromatic heterocycles. The summed E-state index contributed by atoms with van der Waals surface area (Å²) in [6.45, 7) is 2.85. The molecule has 1 N–H and O–H groups in total. The van der Waals surface area contributed by atoms with Crippen LogP contribution in [0.2, 0.25) is 0 Å². The Hall–Kier alpha value is -2.78. The number of carboxylic acid groups (broad SMARTS) is 1. The maximum Gasteiger partial charge on any atom is 0.342 e. The van der Waals surface area contributed by atoms with Gasteiger partial charge in [0.25, 0.3) is 0 Å². The van der Waals surface area contributed by atoms with Crippen LogP contribution in [-0.4, -0.2) is 40.1 Å². The summed E-state index contributed by atoms with van der Waals surface area (Å²) >= 11 is 5.47. The number of halogens is 2. The van der Waals surface area contributed by atoms with Gasteiger partial charge < -0.3 is 23.9 Å². The van der Waals surface area contributed by atoms with E-state index in [0.717, 1.165) is 30.0 Å². The summed E-state index contributed by atoms with van der Waals surface area (Å²) in [5, 5.41) is 19.3. The van der Waals surface area contributed by atoms with E-state index in [-0.39, 0.29) is 4.91 Å². The molecule has 8 nitrogen and oxygen atoms in total. The molecule has 0 aliphatic rings. The van der Waals surface area contributed by atoms with Gasteiger partial charge in [-0.1, -0.05) is 30.3 Å². The zero-order valence-electron chi connectivity index (χ0n) is 21.4. The van der Waals surface area contributed by atoms with E-state index in [1.54, 1.807) is 26.4 Å². The van der Waals surface area contributed by atoms with Gasteiger partial charge in [-0.2, -0.15) is 0 Å². The minimum absolute atomic E-state index is 0.0919. The predicted molar refractivity (Wildman–Crippen MR) is 168 cm³/mol. The lowest BCUT2D eigenvalue weighted by Gasteiger charge is -2.13.